The van der Waals surface area contributed by atoms with E-state index < -0.39 is 11.7 Å². The molecule has 1 aromatic heterocycles. The van der Waals surface area contributed by atoms with Gasteiger partial charge in [0.2, 0.25) is 0 Å². The minimum absolute atomic E-state index is 0.154. The number of rotatable bonds is 2. The predicted molar refractivity (Wildman–Crippen MR) is 73.7 cm³/mol. The lowest BCUT2D eigenvalue weighted by Crippen LogP contribution is -2.12. The average molecular weight is 272 g/mol. The van der Waals surface area contributed by atoms with E-state index in [9.17, 15) is 9.18 Å². The van der Waals surface area contributed by atoms with Gasteiger partial charge in [-0.05, 0) is 37.3 Å². The summed E-state index contributed by atoms with van der Waals surface area (Å²) in [6.07, 6.45) is 0. The third kappa shape index (κ3) is 3.25. The molecule has 1 amide bonds. The molecular weight excluding hydrogens is 259 g/mol. The van der Waals surface area contributed by atoms with Crippen LogP contribution < -0.4 is 11.1 Å². The van der Waals surface area contributed by atoms with E-state index in [1.807, 2.05) is 0 Å². The van der Waals surface area contributed by atoms with Gasteiger partial charge in [-0.3, -0.25) is 4.79 Å². The van der Waals surface area contributed by atoms with Crippen molar-refractivity contribution < 1.29 is 13.6 Å². The molecule has 0 aliphatic heterocycles. The molecule has 20 heavy (non-hydrogen) atoms. The number of furan rings is 1. The number of nitrogens with one attached hydrogen (secondary N) is 1. The Bertz CT molecular complexity index is 695. The Balaban J connectivity index is 2.26. The average Bonchev–Trinajstić information content (AvgIpc) is 2.85. The topological polar surface area (TPSA) is 68.3 Å². The molecule has 1 heterocycles. The lowest BCUT2D eigenvalue weighted by atomic mass is 10.1. The molecule has 102 valence electrons. The molecular formula is C15H13FN2O2. The quantitative estimate of drug-likeness (QED) is 0.824. The fourth-order valence-corrected chi connectivity index (χ4v) is 1.62. The number of hydrogen-bond acceptors (Lipinski definition) is 3. The summed E-state index contributed by atoms with van der Waals surface area (Å²) in [5.74, 6) is 5.31. The van der Waals surface area contributed by atoms with Gasteiger partial charge in [0, 0.05) is 0 Å². The molecule has 0 saturated carbocycles. The summed E-state index contributed by atoms with van der Waals surface area (Å²) in [4.78, 5) is 12.0. The van der Waals surface area contributed by atoms with Crippen molar-refractivity contribution in [3.63, 3.8) is 0 Å². The Morgan fingerprint density at radius 3 is 2.85 bits per heavy atom. The van der Waals surface area contributed by atoms with Crippen LogP contribution in [0.5, 0.6) is 0 Å². The molecule has 0 aliphatic carbocycles. The van der Waals surface area contributed by atoms with Gasteiger partial charge in [-0.15, -0.1) is 0 Å². The first kappa shape index (κ1) is 13.8. The van der Waals surface area contributed by atoms with Crippen LogP contribution in [0.15, 0.2) is 34.7 Å². The molecule has 0 fully saturated rings. The normalized spacial score (nSPS) is 9.75. The molecule has 0 atom stereocenters. The van der Waals surface area contributed by atoms with Crippen LogP contribution in [0.25, 0.3) is 0 Å². The van der Waals surface area contributed by atoms with Crippen molar-refractivity contribution in [1.29, 1.82) is 0 Å². The fraction of sp³-hybridized carbons (Fsp3) is 0.133. The summed E-state index contributed by atoms with van der Waals surface area (Å²) in [6.45, 7) is 1.90. The van der Waals surface area contributed by atoms with E-state index in [2.05, 4.69) is 17.2 Å². The second-order valence-electron chi connectivity index (χ2n) is 4.06. The van der Waals surface area contributed by atoms with E-state index in [1.165, 1.54) is 18.2 Å². The van der Waals surface area contributed by atoms with Crippen LogP contribution in [0, 0.1) is 24.6 Å². The predicted octanol–water partition coefficient (Wildman–Crippen LogP) is 2.29. The minimum atomic E-state index is -0.432. The van der Waals surface area contributed by atoms with Crippen LogP contribution in [0.2, 0.25) is 0 Å². The van der Waals surface area contributed by atoms with Gasteiger partial charge in [-0.25, -0.2) is 4.39 Å². The van der Waals surface area contributed by atoms with Crippen molar-refractivity contribution in [2.24, 2.45) is 5.73 Å². The Morgan fingerprint density at radius 1 is 1.40 bits per heavy atom. The van der Waals surface area contributed by atoms with Gasteiger partial charge in [-0.2, -0.15) is 0 Å². The van der Waals surface area contributed by atoms with Crippen LogP contribution in [0.4, 0.5) is 10.1 Å². The highest BCUT2D eigenvalue weighted by Crippen LogP contribution is 2.17. The zero-order chi connectivity index (χ0) is 14.5. The van der Waals surface area contributed by atoms with Crippen molar-refractivity contribution in [2.45, 2.75) is 6.92 Å². The Kier molecular flexibility index (Phi) is 4.18. The fourth-order valence-electron chi connectivity index (χ4n) is 1.62. The lowest BCUT2D eigenvalue weighted by molar-refractivity contribution is 0.0995. The van der Waals surface area contributed by atoms with Crippen molar-refractivity contribution in [3.8, 4) is 11.8 Å². The van der Waals surface area contributed by atoms with Crippen molar-refractivity contribution in [3.05, 3.63) is 53.2 Å². The van der Waals surface area contributed by atoms with Crippen molar-refractivity contribution in [2.75, 3.05) is 11.9 Å². The first-order valence-corrected chi connectivity index (χ1v) is 5.96. The maximum absolute atomic E-state index is 13.2. The molecule has 5 heteroatoms. The lowest BCUT2D eigenvalue weighted by Gasteiger charge is -2.06. The number of aryl methyl sites for hydroxylation is 1. The Labute approximate surface area is 115 Å². The number of amides is 1. The maximum Gasteiger partial charge on any atom is 0.291 e. The van der Waals surface area contributed by atoms with Gasteiger partial charge >= 0.3 is 0 Å². The van der Waals surface area contributed by atoms with Gasteiger partial charge < -0.3 is 15.5 Å². The maximum atomic E-state index is 13.2. The summed E-state index contributed by atoms with van der Waals surface area (Å²) in [7, 11) is 0. The molecule has 0 unspecified atom stereocenters. The summed E-state index contributed by atoms with van der Waals surface area (Å²) in [6, 6.07) is 7.19. The number of benzene rings is 1. The van der Waals surface area contributed by atoms with Gasteiger partial charge in [0.05, 0.1) is 17.8 Å². The number of carbonyl (C=O) groups excluding carboxylic acids is 1. The summed E-state index contributed by atoms with van der Waals surface area (Å²) in [5.41, 5.74) is 6.07. The van der Waals surface area contributed by atoms with Gasteiger partial charge in [0.25, 0.3) is 5.91 Å². The zero-order valence-electron chi connectivity index (χ0n) is 10.9. The summed E-state index contributed by atoms with van der Waals surface area (Å²) in [5, 5.41) is 2.63. The number of carbonyl (C=O) groups is 1. The van der Waals surface area contributed by atoms with Crippen LogP contribution >= 0.6 is 0 Å². The number of hydrogen-bond donors (Lipinski definition) is 2. The van der Waals surface area contributed by atoms with Gasteiger partial charge in [0.15, 0.2) is 5.76 Å². The highest BCUT2D eigenvalue weighted by atomic mass is 19.1. The molecule has 2 aromatic rings. The Morgan fingerprint density at radius 2 is 2.20 bits per heavy atom. The van der Waals surface area contributed by atoms with E-state index in [0.29, 0.717) is 17.0 Å². The van der Waals surface area contributed by atoms with E-state index in [1.54, 1.807) is 19.1 Å². The van der Waals surface area contributed by atoms with Crippen LogP contribution in [-0.4, -0.2) is 12.5 Å². The molecule has 3 N–H and O–H groups in total. The summed E-state index contributed by atoms with van der Waals surface area (Å²) < 4.78 is 18.4. The largest absolute Gasteiger partial charge is 0.456 e. The van der Waals surface area contributed by atoms with Gasteiger partial charge in [0.1, 0.15) is 11.6 Å². The van der Waals surface area contributed by atoms with E-state index in [0.717, 1.165) is 0 Å². The Hall–Kier alpha value is -2.58. The van der Waals surface area contributed by atoms with E-state index in [4.69, 9.17) is 10.2 Å². The molecule has 0 aliphatic rings. The second kappa shape index (κ2) is 6.04. The number of nitrogens with two attached hydrogens (primary N) is 1. The third-order valence-electron chi connectivity index (χ3n) is 2.52. The molecule has 1 aromatic carbocycles. The van der Waals surface area contributed by atoms with Crippen LogP contribution in [0.3, 0.4) is 0 Å². The van der Waals surface area contributed by atoms with Gasteiger partial charge in [-0.1, -0.05) is 11.8 Å². The van der Waals surface area contributed by atoms with Crippen LogP contribution in [-0.2, 0) is 0 Å². The van der Waals surface area contributed by atoms with E-state index >= 15 is 0 Å². The van der Waals surface area contributed by atoms with E-state index in [-0.39, 0.29) is 12.3 Å². The molecule has 0 bridgehead atoms. The molecule has 2 rings (SSSR count). The van der Waals surface area contributed by atoms with Crippen LogP contribution in [0.1, 0.15) is 21.9 Å². The molecule has 0 spiro atoms. The standard InChI is InChI=1S/C15H13FN2O2/c1-10-4-7-14(20-10)15(19)18-13-6-5-12(16)9-11(13)3-2-8-17/h4-7,9H,8,17H2,1H3,(H,18,19). The third-order valence-corrected chi connectivity index (χ3v) is 2.52. The second-order valence-corrected chi connectivity index (χ2v) is 4.06. The SMILES string of the molecule is Cc1ccc(C(=O)Nc2ccc(F)cc2C#CCN)o1. The number of halogens is 1. The number of anilines is 1. The van der Waals surface area contributed by atoms with Crippen molar-refractivity contribution >= 4 is 11.6 Å². The molecule has 0 radical (unpaired) electrons. The minimum Gasteiger partial charge on any atom is -0.456 e. The highest BCUT2D eigenvalue weighted by molar-refractivity contribution is 6.03. The first-order chi connectivity index (χ1) is 9.60. The smallest absolute Gasteiger partial charge is 0.291 e. The molecule has 0 saturated heterocycles. The summed E-state index contributed by atoms with van der Waals surface area (Å²) >= 11 is 0. The highest BCUT2D eigenvalue weighted by Gasteiger charge is 2.12. The van der Waals surface area contributed by atoms with Crippen molar-refractivity contribution in [1.82, 2.24) is 0 Å². The molecule has 4 nitrogen and oxygen atoms in total. The monoisotopic (exact) mass is 272 g/mol. The first-order valence-electron chi connectivity index (χ1n) is 5.96. The zero-order valence-corrected chi connectivity index (χ0v) is 10.9.